The Bertz CT molecular complexity index is 391. The van der Waals surface area contributed by atoms with Crippen molar-refractivity contribution in [2.45, 2.75) is 0 Å². The van der Waals surface area contributed by atoms with E-state index in [9.17, 15) is 10.2 Å². The van der Waals surface area contributed by atoms with Gasteiger partial charge in [-0.2, -0.15) is 0 Å². The lowest BCUT2D eigenvalue weighted by Gasteiger charge is -2.02. The molecule has 3 nitrogen and oxygen atoms in total. The summed E-state index contributed by atoms with van der Waals surface area (Å²) >= 11 is 1.42. The van der Waals surface area contributed by atoms with E-state index in [1.165, 1.54) is 23.5 Å². The maximum atomic E-state index is 9.47. The molecule has 0 aliphatic rings. The average Bonchev–Trinajstić information content (AvgIpc) is 2.57. The van der Waals surface area contributed by atoms with E-state index in [1.54, 1.807) is 17.0 Å². The average molecular weight is 193 g/mol. The third-order valence-electron chi connectivity index (χ3n) is 1.71. The minimum absolute atomic E-state index is 0.0471. The number of benzene rings is 1. The van der Waals surface area contributed by atoms with Crippen molar-refractivity contribution in [3.63, 3.8) is 0 Å². The molecular weight excluding hydrogens is 186 g/mol. The van der Waals surface area contributed by atoms with Gasteiger partial charge in [0.05, 0.1) is 16.8 Å². The highest BCUT2D eigenvalue weighted by Gasteiger charge is 2.10. The molecule has 13 heavy (non-hydrogen) atoms. The van der Waals surface area contributed by atoms with Gasteiger partial charge in [0.2, 0.25) is 0 Å². The molecule has 1 aromatic heterocycles. The number of rotatable bonds is 1. The molecule has 0 bridgehead atoms. The van der Waals surface area contributed by atoms with Gasteiger partial charge >= 0.3 is 0 Å². The first-order valence-corrected chi connectivity index (χ1v) is 4.63. The molecule has 2 N–H and O–H groups in total. The zero-order valence-electron chi connectivity index (χ0n) is 6.64. The van der Waals surface area contributed by atoms with Crippen LogP contribution in [0.3, 0.4) is 0 Å². The molecule has 0 atom stereocenters. The van der Waals surface area contributed by atoms with E-state index in [4.69, 9.17) is 0 Å². The Hall–Kier alpha value is -1.55. The molecule has 1 heterocycles. The van der Waals surface area contributed by atoms with Crippen molar-refractivity contribution in [2.75, 3.05) is 0 Å². The quantitative estimate of drug-likeness (QED) is 0.730. The summed E-state index contributed by atoms with van der Waals surface area (Å²) in [6, 6.07) is 4.63. The van der Waals surface area contributed by atoms with Crippen LogP contribution in [0.2, 0.25) is 0 Å². The van der Waals surface area contributed by atoms with Crippen LogP contribution >= 0.6 is 11.3 Å². The van der Waals surface area contributed by atoms with Crippen LogP contribution in [0.4, 0.5) is 0 Å². The number of nitrogens with zero attached hydrogens (tertiary/aromatic N) is 1. The number of hydrogen-bond donors (Lipinski definition) is 2. The van der Waals surface area contributed by atoms with Gasteiger partial charge in [-0.05, 0) is 12.1 Å². The second kappa shape index (κ2) is 3.06. The fourth-order valence-electron chi connectivity index (χ4n) is 1.13. The second-order valence-electron chi connectivity index (χ2n) is 2.54. The highest BCUT2D eigenvalue weighted by molar-refractivity contribution is 7.07. The predicted octanol–water partition coefficient (Wildman–Crippen LogP) is 2.22. The van der Waals surface area contributed by atoms with E-state index in [1.807, 2.05) is 0 Å². The largest absolute Gasteiger partial charge is 0.507 e. The summed E-state index contributed by atoms with van der Waals surface area (Å²) in [4.78, 5) is 4.01. The molecule has 0 amide bonds. The van der Waals surface area contributed by atoms with E-state index in [0.29, 0.717) is 11.3 Å². The summed E-state index contributed by atoms with van der Waals surface area (Å²) in [6.07, 6.45) is 0. The monoisotopic (exact) mass is 193 g/mol. The van der Waals surface area contributed by atoms with E-state index < -0.39 is 0 Å². The predicted molar refractivity (Wildman–Crippen MR) is 50.9 cm³/mol. The number of phenols is 2. The van der Waals surface area contributed by atoms with E-state index in [2.05, 4.69) is 4.98 Å². The summed E-state index contributed by atoms with van der Waals surface area (Å²) in [5.41, 5.74) is 2.64. The molecule has 0 saturated carbocycles. The summed E-state index contributed by atoms with van der Waals surface area (Å²) in [7, 11) is 0. The van der Waals surface area contributed by atoms with Gasteiger partial charge in [-0.25, -0.2) is 4.98 Å². The molecule has 2 rings (SSSR count). The van der Waals surface area contributed by atoms with Gasteiger partial charge in [0.15, 0.2) is 0 Å². The van der Waals surface area contributed by atoms with Gasteiger partial charge in [0.25, 0.3) is 0 Å². The Balaban J connectivity index is 2.64. The van der Waals surface area contributed by atoms with E-state index in [-0.39, 0.29) is 11.5 Å². The maximum Gasteiger partial charge on any atom is 0.128 e. The molecular formula is C9H7NO2S. The van der Waals surface area contributed by atoms with Crippen molar-refractivity contribution in [1.29, 1.82) is 0 Å². The molecule has 0 fully saturated rings. The minimum Gasteiger partial charge on any atom is -0.507 e. The maximum absolute atomic E-state index is 9.47. The smallest absolute Gasteiger partial charge is 0.128 e. The van der Waals surface area contributed by atoms with Crippen LogP contribution in [0, 0.1) is 0 Å². The molecule has 0 radical (unpaired) electrons. The molecule has 0 saturated heterocycles. The zero-order chi connectivity index (χ0) is 9.26. The van der Waals surface area contributed by atoms with Gasteiger partial charge in [-0.1, -0.05) is 6.07 Å². The Morgan fingerprint density at radius 3 is 2.38 bits per heavy atom. The standard InChI is InChI=1S/C9H7NO2S/c11-7-2-1-3-8(12)9(7)6-4-13-5-10-6/h1-5,11-12H. The number of thiazole rings is 1. The first kappa shape index (κ1) is 8.07. The van der Waals surface area contributed by atoms with Crippen molar-refractivity contribution in [3.05, 3.63) is 29.1 Å². The van der Waals surface area contributed by atoms with Gasteiger partial charge in [-0.15, -0.1) is 11.3 Å². The highest BCUT2D eigenvalue weighted by atomic mass is 32.1. The Morgan fingerprint density at radius 1 is 1.15 bits per heavy atom. The summed E-state index contributed by atoms with van der Waals surface area (Å²) in [6.45, 7) is 0. The Kier molecular flexibility index (Phi) is 1.90. The highest BCUT2D eigenvalue weighted by Crippen LogP contribution is 2.36. The fourth-order valence-corrected chi connectivity index (χ4v) is 1.67. The zero-order valence-corrected chi connectivity index (χ0v) is 7.45. The first-order valence-electron chi connectivity index (χ1n) is 3.68. The van der Waals surface area contributed by atoms with Crippen LogP contribution in [0.15, 0.2) is 29.1 Å². The summed E-state index contributed by atoms with van der Waals surface area (Å²) in [5.74, 6) is 0.0943. The topological polar surface area (TPSA) is 53.4 Å². The van der Waals surface area contributed by atoms with Crippen molar-refractivity contribution in [2.24, 2.45) is 0 Å². The normalized spacial score (nSPS) is 10.2. The van der Waals surface area contributed by atoms with Gasteiger partial charge in [0.1, 0.15) is 11.5 Å². The van der Waals surface area contributed by atoms with E-state index >= 15 is 0 Å². The molecule has 0 spiro atoms. The van der Waals surface area contributed by atoms with Crippen molar-refractivity contribution < 1.29 is 10.2 Å². The van der Waals surface area contributed by atoms with Crippen molar-refractivity contribution >= 4 is 11.3 Å². The SMILES string of the molecule is Oc1cccc(O)c1-c1cscn1. The molecule has 2 aromatic rings. The lowest BCUT2D eigenvalue weighted by Crippen LogP contribution is -1.79. The second-order valence-corrected chi connectivity index (χ2v) is 3.26. The van der Waals surface area contributed by atoms with E-state index in [0.717, 1.165) is 0 Å². The Morgan fingerprint density at radius 2 is 1.85 bits per heavy atom. The molecule has 0 unspecified atom stereocenters. The van der Waals surface area contributed by atoms with Gasteiger partial charge < -0.3 is 10.2 Å². The van der Waals surface area contributed by atoms with Crippen LogP contribution in [0.5, 0.6) is 11.5 Å². The van der Waals surface area contributed by atoms with Crippen LogP contribution in [-0.4, -0.2) is 15.2 Å². The number of phenolic OH excluding ortho intramolecular Hbond substituents is 2. The lowest BCUT2D eigenvalue weighted by atomic mass is 10.1. The Labute approximate surface area is 78.9 Å². The van der Waals surface area contributed by atoms with Crippen LogP contribution < -0.4 is 0 Å². The molecule has 0 aliphatic carbocycles. The van der Waals surface area contributed by atoms with Crippen molar-refractivity contribution in [3.8, 4) is 22.8 Å². The fraction of sp³-hybridized carbons (Fsp3) is 0. The molecule has 0 aliphatic heterocycles. The van der Waals surface area contributed by atoms with Crippen LogP contribution in [-0.2, 0) is 0 Å². The summed E-state index contributed by atoms with van der Waals surface area (Å²) < 4.78 is 0. The molecule has 66 valence electrons. The third kappa shape index (κ3) is 1.36. The number of hydrogen-bond acceptors (Lipinski definition) is 4. The number of aromatic nitrogens is 1. The van der Waals surface area contributed by atoms with Gasteiger partial charge in [0, 0.05) is 5.38 Å². The van der Waals surface area contributed by atoms with Crippen LogP contribution in [0.1, 0.15) is 0 Å². The molecule has 4 heteroatoms. The third-order valence-corrected chi connectivity index (χ3v) is 2.30. The molecule has 1 aromatic carbocycles. The van der Waals surface area contributed by atoms with Gasteiger partial charge in [-0.3, -0.25) is 0 Å². The number of aromatic hydroxyl groups is 2. The minimum atomic E-state index is 0.0471. The van der Waals surface area contributed by atoms with Crippen molar-refractivity contribution in [1.82, 2.24) is 4.98 Å². The van der Waals surface area contributed by atoms with Crippen LogP contribution in [0.25, 0.3) is 11.3 Å². The first-order chi connectivity index (χ1) is 6.29. The summed E-state index contributed by atoms with van der Waals surface area (Å²) in [5, 5.41) is 20.7. The lowest BCUT2D eigenvalue weighted by molar-refractivity contribution is 0.454.